The maximum atomic E-state index is 11.9. The Balaban J connectivity index is 2.44. The SMILES string of the molecule is CNC(=O)c1cc(Cl)ccc1N1CC(Br)CC1=O. The summed E-state index contributed by atoms with van der Waals surface area (Å²) in [5.41, 5.74) is 1.02. The number of benzene rings is 1. The van der Waals surface area contributed by atoms with Crippen LogP contribution < -0.4 is 10.2 Å². The van der Waals surface area contributed by atoms with Crippen molar-refractivity contribution in [3.63, 3.8) is 0 Å². The third-order valence-corrected chi connectivity index (χ3v) is 3.65. The van der Waals surface area contributed by atoms with Gasteiger partial charge in [0.05, 0.1) is 11.3 Å². The highest BCUT2D eigenvalue weighted by Gasteiger charge is 2.31. The van der Waals surface area contributed by atoms with Crippen molar-refractivity contribution in [3.8, 4) is 0 Å². The molecule has 0 aromatic heterocycles. The van der Waals surface area contributed by atoms with E-state index in [9.17, 15) is 9.59 Å². The van der Waals surface area contributed by atoms with Gasteiger partial charge in [-0.25, -0.2) is 0 Å². The summed E-state index contributed by atoms with van der Waals surface area (Å²) in [6, 6.07) is 4.96. The smallest absolute Gasteiger partial charge is 0.253 e. The predicted octanol–water partition coefficient (Wildman–Crippen LogP) is 2.20. The van der Waals surface area contributed by atoms with Crippen LogP contribution >= 0.6 is 27.5 Å². The second-order valence-electron chi connectivity index (χ2n) is 4.05. The molecule has 1 aliphatic heterocycles. The first kappa shape index (κ1) is 13.4. The van der Waals surface area contributed by atoms with Crippen LogP contribution in [0.3, 0.4) is 0 Å². The number of hydrogen-bond acceptors (Lipinski definition) is 2. The first-order valence-corrected chi connectivity index (χ1v) is 6.78. The van der Waals surface area contributed by atoms with E-state index in [1.165, 1.54) is 0 Å². The fraction of sp³-hybridized carbons (Fsp3) is 0.333. The zero-order valence-corrected chi connectivity index (χ0v) is 12.1. The minimum absolute atomic E-state index is 0.00403. The van der Waals surface area contributed by atoms with Crippen molar-refractivity contribution in [1.29, 1.82) is 0 Å². The standard InChI is InChI=1S/C12H12BrClN2O2/c1-15-12(18)9-5-8(14)2-3-10(9)16-6-7(13)4-11(16)17/h2-3,5,7H,4,6H2,1H3,(H,15,18). The van der Waals surface area contributed by atoms with Gasteiger partial charge in [-0.2, -0.15) is 0 Å². The molecule has 1 N–H and O–H groups in total. The Morgan fingerprint density at radius 2 is 2.28 bits per heavy atom. The molecule has 0 saturated carbocycles. The minimum atomic E-state index is -0.252. The van der Waals surface area contributed by atoms with Crippen molar-refractivity contribution in [2.45, 2.75) is 11.2 Å². The number of carbonyl (C=O) groups is 2. The zero-order chi connectivity index (χ0) is 13.3. The van der Waals surface area contributed by atoms with Crippen molar-refractivity contribution in [2.24, 2.45) is 0 Å². The number of nitrogens with one attached hydrogen (secondary N) is 1. The van der Waals surface area contributed by atoms with Crippen LogP contribution in [0.1, 0.15) is 16.8 Å². The fourth-order valence-electron chi connectivity index (χ4n) is 1.96. The Morgan fingerprint density at radius 3 is 2.83 bits per heavy atom. The highest BCUT2D eigenvalue weighted by Crippen LogP contribution is 2.30. The van der Waals surface area contributed by atoms with E-state index in [4.69, 9.17) is 11.6 Å². The lowest BCUT2D eigenvalue weighted by atomic mass is 10.1. The number of nitrogens with zero attached hydrogens (tertiary/aromatic N) is 1. The summed E-state index contributed by atoms with van der Waals surface area (Å²) >= 11 is 9.32. The third kappa shape index (κ3) is 2.52. The zero-order valence-electron chi connectivity index (χ0n) is 9.74. The van der Waals surface area contributed by atoms with E-state index < -0.39 is 0 Å². The Kier molecular flexibility index (Phi) is 3.92. The summed E-state index contributed by atoms with van der Waals surface area (Å²) < 4.78 is 0. The van der Waals surface area contributed by atoms with Gasteiger partial charge >= 0.3 is 0 Å². The predicted molar refractivity (Wildman–Crippen MR) is 74.5 cm³/mol. The molecule has 1 aliphatic rings. The number of rotatable bonds is 2. The monoisotopic (exact) mass is 330 g/mol. The van der Waals surface area contributed by atoms with Crippen LogP contribution in [-0.2, 0) is 4.79 Å². The van der Waals surface area contributed by atoms with E-state index in [0.717, 1.165) is 0 Å². The normalized spacial score (nSPS) is 19.2. The van der Waals surface area contributed by atoms with Crippen LogP contribution in [0.4, 0.5) is 5.69 Å². The number of alkyl halides is 1. The van der Waals surface area contributed by atoms with Gasteiger partial charge in [0.1, 0.15) is 0 Å². The Morgan fingerprint density at radius 1 is 1.56 bits per heavy atom. The van der Waals surface area contributed by atoms with Crippen LogP contribution in [0.25, 0.3) is 0 Å². The van der Waals surface area contributed by atoms with E-state index >= 15 is 0 Å². The molecule has 1 aromatic carbocycles. The van der Waals surface area contributed by atoms with Gasteiger partial charge in [0, 0.05) is 29.9 Å². The van der Waals surface area contributed by atoms with Crippen molar-refractivity contribution < 1.29 is 9.59 Å². The third-order valence-electron chi connectivity index (χ3n) is 2.80. The maximum absolute atomic E-state index is 11.9. The van der Waals surface area contributed by atoms with Gasteiger partial charge in [-0.1, -0.05) is 27.5 Å². The fourth-order valence-corrected chi connectivity index (χ4v) is 2.70. The van der Waals surface area contributed by atoms with E-state index in [1.54, 1.807) is 30.1 Å². The second-order valence-corrected chi connectivity index (χ2v) is 5.78. The molecule has 18 heavy (non-hydrogen) atoms. The highest BCUT2D eigenvalue weighted by molar-refractivity contribution is 9.09. The summed E-state index contributed by atoms with van der Waals surface area (Å²) in [5.74, 6) is -0.248. The summed E-state index contributed by atoms with van der Waals surface area (Å²) in [4.78, 5) is 25.4. The van der Waals surface area contributed by atoms with Crippen molar-refractivity contribution in [2.75, 3.05) is 18.5 Å². The molecule has 2 amide bonds. The number of anilines is 1. The second kappa shape index (κ2) is 5.28. The van der Waals surface area contributed by atoms with Crippen molar-refractivity contribution in [3.05, 3.63) is 28.8 Å². The lowest BCUT2D eigenvalue weighted by molar-refractivity contribution is -0.117. The molecule has 6 heteroatoms. The molecule has 0 radical (unpaired) electrons. The molecule has 4 nitrogen and oxygen atoms in total. The Bertz CT molecular complexity index is 507. The summed E-state index contributed by atoms with van der Waals surface area (Å²) in [6.45, 7) is 0.560. The van der Waals surface area contributed by atoms with Crippen LogP contribution in [0.15, 0.2) is 18.2 Å². The molecule has 1 saturated heterocycles. The number of hydrogen-bond donors (Lipinski definition) is 1. The summed E-state index contributed by atoms with van der Waals surface area (Å²) in [5, 5.41) is 3.02. The molecule has 1 fully saturated rings. The maximum Gasteiger partial charge on any atom is 0.253 e. The average molecular weight is 332 g/mol. The lowest BCUT2D eigenvalue weighted by Gasteiger charge is -2.19. The molecule has 0 spiro atoms. The lowest BCUT2D eigenvalue weighted by Crippen LogP contribution is -2.28. The number of carbonyl (C=O) groups excluding carboxylic acids is 2. The molecule has 1 aromatic rings. The van der Waals surface area contributed by atoms with Gasteiger partial charge in [0.2, 0.25) is 5.91 Å². The van der Waals surface area contributed by atoms with Gasteiger partial charge in [-0.05, 0) is 18.2 Å². The van der Waals surface area contributed by atoms with Gasteiger partial charge in [-0.3, -0.25) is 9.59 Å². The molecule has 1 heterocycles. The number of amides is 2. The first-order chi connectivity index (χ1) is 8.52. The molecule has 2 rings (SSSR count). The van der Waals surface area contributed by atoms with Gasteiger partial charge < -0.3 is 10.2 Å². The molecule has 1 unspecified atom stereocenters. The van der Waals surface area contributed by atoms with E-state index in [2.05, 4.69) is 21.2 Å². The first-order valence-electron chi connectivity index (χ1n) is 5.49. The largest absolute Gasteiger partial charge is 0.355 e. The van der Waals surface area contributed by atoms with Crippen LogP contribution in [0.5, 0.6) is 0 Å². The van der Waals surface area contributed by atoms with Crippen LogP contribution in [0.2, 0.25) is 5.02 Å². The summed E-state index contributed by atoms with van der Waals surface area (Å²) in [7, 11) is 1.55. The number of halogens is 2. The van der Waals surface area contributed by atoms with Crippen molar-refractivity contribution >= 4 is 45.0 Å². The molecule has 0 aliphatic carbocycles. The Hall–Kier alpha value is -1.07. The average Bonchev–Trinajstić information content (AvgIpc) is 2.67. The van der Waals surface area contributed by atoms with E-state index in [-0.39, 0.29) is 16.6 Å². The molecular weight excluding hydrogens is 320 g/mol. The van der Waals surface area contributed by atoms with Gasteiger partial charge in [-0.15, -0.1) is 0 Å². The van der Waals surface area contributed by atoms with Crippen LogP contribution in [0, 0.1) is 0 Å². The minimum Gasteiger partial charge on any atom is -0.355 e. The highest BCUT2D eigenvalue weighted by atomic mass is 79.9. The molecular formula is C12H12BrClN2O2. The molecule has 0 bridgehead atoms. The van der Waals surface area contributed by atoms with E-state index in [0.29, 0.717) is 29.2 Å². The van der Waals surface area contributed by atoms with Gasteiger partial charge in [0.25, 0.3) is 5.91 Å². The van der Waals surface area contributed by atoms with Crippen LogP contribution in [-0.4, -0.2) is 30.2 Å². The van der Waals surface area contributed by atoms with Gasteiger partial charge in [0.15, 0.2) is 0 Å². The summed E-state index contributed by atoms with van der Waals surface area (Å²) in [6.07, 6.45) is 0.440. The molecule has 96 valence electrons. The quantitative estimate of drug-likeness (QED) is 0.845. The molecule has 1 atom stereocenters. The topological polar surface area (TPSA) is 49.4 Å². The Labute approximate surface area is 118 Å². The van der Waals surface area contributed by atoms with E-state index in [1.807, 2.05) is 0 Å². The van der Waals surface area contributed by atoms with Crippen molar-refractivity contribution in [1.82, 2.24) is 5.32 Å².